The molecule has 23 heavy (non-hydrogen) atoms. The maximum Gasteiger partial charge on any atom is 0.401 e. The van der Waals surface area contributed by atoms with Gasteiger partial charge in [-0.3, -0.25) is 9.69 Å². The van der Waals surface area contributed by atoms with Crippen LogP contribution in [0.2, 0.25) is 0 Å². The molecular weight excluding hydrogens is 311 g/mol. The Morgan fingerprint density at radius 2 is 1.91 bits per heavy atom. The van der Waals surface area contributed by atoms with Crippen molar-refractivity contribution in [3.05, 3.63) is 29.8 Å². The first-order valence-electron chi connectivity index (χ1n) is 7.46. The average Bonchev–Trinajstić information content (AvgIpc) is 2.52. The van der Waals surface area contributed by atoms with Crippen LogP contribution < -0.4 is 4.74 Å². The lowest BCUT2D eigenvalue weighted by Crippen LogP contribution is -2.41. The van der Waals surface area contributed by atoms with Crippen LogP contribution >= 0.6 is 0 Å². The Morgan fingerprint density at radius 3 is 2.52 bits per heavy atom. The minimum Gasteiger partial charge on any atom is -0.496 e. The van der Waals surface area contributed by atoms with Crippen LogP contribution in [0.25, 0.3) is 0 Å². The van der Waals surface area contributed by atoms with Gasteiger partial charge in [0.1, 0.15) is 12.4 Å². The van der Waals surface area contributed by atoms with E-state index >= 15 is 0 Å². The summed E-state index contributed by atoms with van der Waals surface area (Å²) >= 11 is 0. The number of nitrogens with zero attached hydrogens (tertiary/aromatic N) is 1. The molecule has 0 aromatic heterocycles. The minimum absolute atomic E-state index is 0.103. The summed E-state index contributed by atoms with van der Waals surface area (Å²) in [5.74, 6) is -0.0583. The van der Waals surface area contributed by atoms with E-state index in [1.807, 2.05) is 12.1 Å². The van der Waals surface area contributed by atoms with Crippen molar-refractivity contribution < 1.29 is 27.4 Å². The monoisotopic (exact) mass is 331 g/mol. The molecule has 7 heteroatoms. The molecule has 0 atom stereocenters. The Kier molecular flexibility index (Phi) is 5.87. The van der Waals surface area contributed by atoms with Gasteiger partial charge in [0.2, 0.25) is 0 Å². The summed E-state index contributed by atoms with van der Waals surface area (Å²) < 4.78 is 47.5. The highest BCUT2D eigenvalue weighted by atomic mass is 19.4. The fourth-order valence-corrected chi connectivity index (χ4v) is 2.67. The van der Waals surface area contributed by atoms with Gasteiger partial charge in [0.25, 0.3) is 0 Å². The summed E-state index contributed by atoms with van der Waals surface area (Å²) in [6, 6.07) is 7.22. The Bertz CT molecular complexity index is 526. The van der Waals surface area contributed by atoms with Gasteiger partial charge < -0.3 is 9.47 Å². The lowest BCUT2D eigenvalue weighted by atomic mass is 9.97. The number of hydrogen-bond donors (Lipinski definition) is 0. The third-order valence-electron chi connectivity index (χ3n) is 3.89. The predicted molar refractivity (Wildman–Crippen MR) is 78.0 cm³/mol. The third kappa shape index (κ3) is 5.42. The van der Waals surface area contributed by atoms with Crippen LogP contribution in [0.1, 0.15) is 18.4 Å². The lowest BCUT2D eigenvalue weighted by molar-refractivity contribution is -0.156. The standard InChI is InChI=1S/C16H20F3NO3/c1-22-14-5-3-2-4-13(14)10-23-15(21)12-6-8-20(9-7-12)11-16(17,18)19/h2-5,12H,6-11H2,1H3. The van der Waals surface area contributed by atoms with Gasteiger partial charge in [0.15, 0.2) is 0 Å². The molecule has 1 heterocycles. The van der Waals surface area contributed by atoms with E-state index in [2.05, 4.69) is 0 Å². The Balaban J connectivity index is 1.79. The van der Waals surface area contributed by atoms with Crippen LogP contribution in [-0.4, -0.2) is 43.8 Å². The second-order valence-electron chi connectivity index (χ2n) is 5.59. The average molecular weight is 331 g/mol. The summed E-state index contributed by atoms with van der Waals surface area (Å²) in [6.07, 6.45) is -3.42. The van der Waals surface area contributed by atoms with Crippen molar-refractivity contribution >= 4 is 5.97 Å². The number of methoxy groups -OCH3 is 1. The van der Waals surface area contributed by atoms with E-state index in [-0.39, 0.29) is 31.6 Å². The molecule has 1 aromatic rings. The molecule has 0 unspecified atom stereocenters. The van der Waals surface area contributed by atoms with E-state index in [1.54, 1.807) is 12.1 Å². The molecular formula is C16H20F3NO3. The number of benzene rings is 1. The van der Waals surface area contributed by atoms with Crippen LogP contribution in [0.4, 0.5) is 13.2 Å². The Labute approximate surface area is 133 Å². The predicted octanol–water partition coefficient (Wildman–Crippen LogP) is 3.01. The maximum atomic E-state index is 12.3. The van der Waals surface area contributed by atoms with Gasteiger partial charge in [0, 0.05) is 5.56 Å². The molecule has 0 bridgehead atoms. The van der Waals surface area contributed by atoms with Crippen LogP contribution in [0.3, 0.4) is 0 Å². The first-order valence-corrected chi connectivity index (χ1v) is 7.46. The molecule has 0 amide bonds. The first-order chi connectivity index (χ1) is 10.9. The first kappa shape index (κ1) is 17.6. The number of halogens is 3. The zero-order valence-corrected chi connectivity index (χ0v) is 12.9. The van der Waals surface area contributed by atoms with E-state index < -0.39 is 12.7 Å². The molecule has 0 saturated carbocycles. The molecule has 128 valence electrons. The van der Waals surface area contributed by atoms with Gasteiger partial charge in [-0.05, 0) is 32.0 Å². The molecule has 2 rings (SSSR count). The molecule has 1 aliphatic rings. The number of piperidine rings is 1. The van der Waals surface area contributed by atoms with E-state index in [1.165, 1.54) is 12.0 Å². The van der Waals surface area contributed by atoms with Gasteiger partial charge in [0.05, 0.1) is 19.6 Å². The molecule has 1 fully saturated rings. The van der Waals surface area contributed by atoms with Gasteiger partial charge in [-0.2, -0.15) is 13.2 Å². The van der Waals surface area contributed by atoms with Crippen molar-refractivity contribution in [2.45, 2.75) is 25.6 Å². The van der Waals surface area contributed by atoms with Crippen molar-refractivity contribution in [1.29, 1.82) is 0 Å². The zero-order valence-electron chi connectivity index (χ0n) is 12.9. The largest absolute Gasteiger partial charge is 0.496 e. The van der Waals surface area contributed by atoms with Gasteiger partial charge >= 0.3 is 12.1 Å². The number of esters is 1. The summed E-state index contributed by atoms with van der Waals surface area (Å²) in [6.45, 7) is -0.302. The molecule has 1 aliphatic heterocycles. The highest BCUT2D eigenvalue weighted by Crippen LogP contribution is 2.24. The minimum atomic E-state index is -4.20. The fourth-order valence-electron chi connectivity index (χ4n) is 2.67. The summed E-state index contributed by atoms with van der Waals surface area (Å²) in [7, 11) is 1.54. The molecule has 0 spiro atoms. The van der Waals surface area contributed by atoms with Crippen LogP contribution in [0.5, 0.6) is 5.75 Å². The van der Waals surface area contributed by atoms with E-state index in [0.717, 1.165) is 5.56 Å². The van der Waals surface area contributed by atoms with Gasteiger partial charge in [-0.1, -0.05) is 18.2 Å². The molecule has 1 aromatic carbocycles. The molecule has 0 aliphatic carbocycles. The second kappa shape index (κ2) is 7.68. The second-order valence-corrected chi connectivity index (χ2v) is 5.59. The number of carbonyl (C=O) groups excluding carboxylic acids is 1. The van der Waals surface area contributed by atoms with E-state index in [4.69, 9.17) is 9.47 Å². The summed E-state index contributed by atoms with van der Waals surface area (Å²) in [5.41, 5.74) is 0.762. The van der Waals surface area contributed by atoms with Crippen LogP contribution in [0, 0.1) is 5.92 Å². The number of ether oxygens (including phenoxy) is 2. The van der Waals surface area contributed by atoms with E-state index in [9.17, 15) is 18.0 Å². The zero-order chi connectivity index (χ0) is 16.9. The van der Waals surface area contributed by atoms with Crippen LogP contribution in [-0.2, 0) is 16.1 Å². The van der Waals surface area contributed by atoms with Gasteiger partial charge in [-0.25, -0.2) is 0 Å². The van der Waals surface area contributed by atoms with Crippen molar-refractivity contribution in [2.75, 3.05) is 26.7 Å². The van der Waals surface area contributed by atoms with Crippen molar-refractivity contribution in [2.24, 2.45) is 5.92 Å². The van der Waals surface area contributed by atoms with Crippen LogP contribution in [0.15, 0.2) is 24.3 Å². The molecule has 0 radical (unpaired) electrons. The number of hydrogen-bond acceptors (Lipinski definition) is 4. The SMILES string of the molecule is COc1ccccc1COC(=O)C1CCN(CC(F)(F)F)CC1. The smallest absolute Gasteiger partial charge is 0.401 e. The highest BCUT2D eigenvalue weighted by molar-refractivity contribution is 5.72. The Morgan fingerprint density at radius 1 is 1.26 bits per heavy atom. The topological polar surface area (TPSA) is 38.8 Å². The number of rotatable bonds is 5. The molecule has 1 saturated heterocycles. The van der Waals surface area contributed by atoms with Crippen molar-refractivity contribution in [3.8, 4) is 5.75 Å². The van der Waals surface area contributed by atoms with Crippen molar-refractivity contribution in [1.82, 2.24) is 4.90 Å². The highest BCUT2D eigenvalue weighted by Gasteiger charge is 2.34. The number of carbonyl (C=O) groups is 1. The number of alkyl halides is 3. The van der Waals surface area contributed by atoms with E-state index in [0.29, 0.717) is 18.6 Å². The third-order valence-corrected chi connectivity index (χ3v) is 3.89. The summed E-state index contributed by atoms with van der Waals surface area (Å²) in [4.78, 5) is 13.4. The fraction of sp³-hybridized carbons (Fsp3) is 0.562. The molecule has 4 nitrogen and oxygen atoms in total. The van der Waals surface area contributed by atoms with Crippen molar-refractivity contribution in [3.63, 3.8) is 0 Å². The van der Waals surface area contributed by atoms with Gasteiger partial charge in [-0.15, -0.1) is 0 Å². The normalized spacial score (nSPS) is 17.0. The lowest BCUT2D eigenvalue weighted by Gasteiger charge is -2.31. The number of para-hydroxylation sites is 1. The Hall–Kier alpha value is -1.76. The molecule has 0 N–H and O–H groups in total. The quantitative estimate of drug-likeness (QED) is 0.778. The number of likely N-dealkylation sites (tertiary alicyclic amines) is 1. The maximum absolute atomic E-state index is 12.3. The summed E-state index contributed by atoms with van der Waals surface area (Å²) in [5, 5.41) is 0.